The Morgan fingerprint density at radius 2 is 2.00 bits per heavy atom. The predicted octanol–water partition coefficient (Wildman–Crippen LogP) is 2.90. The van der Waals surface area contributed by atoms with Gasteiger partial charge in [-0.15, -0.1) is 0 Å². The van der Waals surface area contributed by atoms with Crippen LogP contribution in [-0.2, 0) is 13.5 Å². The molecule has 0 radical (unpaired) electrons. The van der Waals surface area contributed by atoms with E-state index in [2.05, 4.69) is 41.7 Å². The number of aromatic nitrogens is 2. The van der Waals surface area contributed by atoms with Crippen LogP contribution in [0.5, 0.6) is 0 Å². The van der Waals surface area contributed by atoms with Crippen molar-refractivity contribution in [3.8, 4) is 11.3 Å². The Hall–Kier alpha value is -2.62. The van der Waals surface area contributed by atoms with Gasteiger partial charge >= 0.3 is 0 Å². The zero-order valence-corrected chi connectivity index (χ0v) is 12.1. The van der Waals surface area contributed by atoms with Crippen molar-refractivity contribution >= 4 is 16.8 Å². The SMILES string of the molecule is CCc1c(-c2ccc(C(N)=O)nc2)n(C)c2ccccc12. The Labute approximate surface area is 123 Å². The van der Waals surface area contributed by atoms with Gasteiger partial charge < -0.3 is 10.3 Å². The molecular weight excluding hydrogens is 262 g/mol. The van der Waals surface area contributed by atoms with Crippen LogP contribution in [0.4, 0.5) is 0 Å². The van der Waals surface area contributed by atoms with Crippen LogP contribution >= 0.6 is 0 Å². The Morgan fingerprint density at radius 3 is 2.62 bits per heavy atom. The lowest BCUT2D eigenvalue weighted by molar-refractivity contribution is 0.0995. The number of hydrogen-bond donors (Lipinski definition) is 1. The quantitative estimate of drug-likeness (QED) is 0.801. The smallest absolute Gasteiger partial charge is 0.267 e. The summed E-state index contributed by atoms with van der Waals surface area (Å²) >= 11 is 0. The Kier molecular flexibility index (Phi) is 3.22. The summed E-state index contributed by atoms with van der Waals surface area (Å²) < 4.78 is 2.18. The second-order valence-electron chi connectivity index (χ2n) is 5.05. The average molecular weight is 279 g/mol. The molecule has 106 valence electrons. The number of nitrogens with two attached hydrogens (primary N) is 1. The Bertz CT molecular complexity index is 816. The molecule has 2 N–H and O–H groups in total. The number of carbonyl (C=O) groups is 1. The highest BCUT2D eigenvalue weighted by Gasteiger charge is 2.15. The second kappa shape index (κ2) is 5.05. The van der Waals surface area contributed by atoms with E-state index in [1.807, 2.05) is 12.1 Å². The van der Waals surface area contributed by atoms with E-state index in [4.69, 9.17) is 5.73 Å². The summed E-state index contributed by atoms with van der Waals surface area (Å²) in [6.07, 6.45) is 2.65. The van der Waals surface area contributed by atoms with Crippen molar-refractivity contribution in [3.05, 3.63) is 53.9 Å². The number of para-hydroxylation sites is 1. The minimum absolute atomic E-state index is 0.288. The summed E-state index contributed by atoms with van der Waals surface area (Å²) in [7, 11) is 2.05. The van der Waals surface area contributed by atoms with Gasteiger partial charge in [-0.2, -0.15) is 0 Å². The van der Waals surface area contributed by atoms with Gasteiger partial charge in [-0.05, 0) is 30.2 Å². The lowest BCUT2D eigenvalue weighted by atomic mass is 10.0. The maximum Gasteiger partial charge on any atom is 0.267 e. The lowest BCUT2D eigenvalue weighted by Crippen LogP contribution is -2.12. The third-order valence-corrected chi connectivity index (χ3v) is 3.85. The number of primary amides is 1. The fourth-order valence-corrected chi connectivity index (χ4v) is 2.88. The predicted molar refractivity (Wildman–Crippen MR) is 84.0 cm³/mol. The van der Waals surface area contributed by atoms with Crippen LogP contribution in [0.3, 0.4) is 0 Å². The number of hydrogen-bond acceptors (Lipinski definition) is 2. The van der Waals surface area contributed by atoms with E-state index in [0.29, 0.717) is 0 Å². The first kappa shape index (κ1) is 13.4. The van der Waals surface area contributed by atoms with Gasteiger partial charge in [-0.25, -0.2) is 0 Å². The van der Waals surface area contributed by atoms with Crippen LogP contribution < -0.4 is 5.73 Å². The van der Waals surface area contributed by atoms with Gasteiger partial charge in [0.15, 0.2) is 0 Å². The number of aryl methyl sites for hydroxylation is 2. The van der Waals surface area contributed by atoms with Crippen LogP contribution in [0.15, 0.2) is 42.6 Å². The van der Waals surface area contributed by atoms with E-state index in [9.17, 15) is 4.79 Å². The maximum atomic E-state index is 11.1. The summed E-state index contributed by atoms with van der Waals surface area (Å²) in [5.74, 6) is -0.505. The molecule has 0 spiro atoms. The van der Waals surface area contributed by atoms with Crippen LogP contribution in [0.2, 0.25) is 0 Å². The molecule has 2 aromatic heterocycles. The van der Waals surface area contributed by atoms with Crippen molar-refractivity contribution in [2.24, 2.45) is 12.8 Å². The largest absolute Gasteiger partial charge is 0.364 e. The molecule has 0 aliphatic carbocycles. The second-order valence-corrected chi connectivity index (χ2v) is 5.05. The van der Waals surface area contributed by atoms with E-state index in [0.717, 1.165) is 17.7 Å². The molecule has 0 unspecified atom stereocenters. The average Bonchev–Trinajstić information content (AvgIpc) is 2.80. The lowest BCUT2D eigenvalue weighted by Gasteiger charge is -2.07. The molecule has 0 saturated heterocycles. The summed E-state index contributed by atoms with van der Waals surface area (Å²) in [4.78, 5) is 15.3. The highest BCUT2D eigenvalue weighted by atomic mass is 16.1. The summed E-state index contributed by atoms with van der Waals surface area (Å²) in [6, 6.07) is 11.9. The van der Waals surface area contributed by atoms with Gasteiger partial charge in [0.05, 0.1) is 5.69 Å². The van der Waals surface area contributed by atoms with E-state index < -0.39 is 5.91 Å². The minimum atomic E-state index is -0.505. The molecule has 0 fully saturated rings. The van der Waals surface area contributed by atoms with E-state index in [1.54, 1.807) is 12.3 Å². The zero-order valence-electron chi connectivity index (χ0n) is 12.1. The van der Waals surface area contributed by atoms with E-state index in [-0.39, 0.29) is 5.69 Å². The Morgan fingerprint density at radius 1 is 1.24 bits per heavy atom. The number of pyridine rings is 1. The summed E-state index contributed by atoms with van der Waals surface area (Å²) in [5, 5.41) is 1.26. The topological polar surface area (TPSA) is 60.9 Å². The number of benzene rings is 1. The van der Waals surface area contributed by atoms with E-state index in [1.165, 1.54) is 16.5 Å². The fraction of sp³-hybridized carbons (Fsp3) is 0.176. The monoisotopic (exact) mass is 279 g/mol. The van der Waals surface area contributed by atoms with Gasteiger partial charge in [0.25, 0.3) is 5.91 Å². The molecule has 4 nitrogen and oxygen atoms in total. The minimum Gasteiger partial charge on any atom is -0.364 e. The molecule has 0 saturated carbocycles. The van der Waals surface area contributed by atoms with Gasteiger partial charge in [0.1, 0.15) is 5.69 Å². The first-order valence-electron chi connectivity index (χ1n) is 6.96. The van der Waals surface area contributed by atoms with Crippen molar-refractivity contribution < 1.29 is 4.79 Å². The number of amides is 1. The standard InChI is InChI=1S/C17H17N3O/c1-3-12-13-6-4-5-7-15(13)20(2)16(12)11-8-9-14(17(18)21)19-10-11/h4-10H,3H2,1-2H3,(H2,18,21). The van der Waals surface area contributed by atoms with Crippen LogP contribution in [0, 0.1) is 0 Å². The number of carbonyl (C=O) groups excluding carboxylic acids is 1. The number of nitrogens with zero attached hydrogens (tertiary/aromatic N) is 2. The fourth-order valence-electron chi connectivity index (χ4n) is 2.88. The highest BCUT2D eigenvalue weighted by molar-refractivity contribution is 5.93. The zero-order chi connectivity index (χ0) is 15.0. The van der Waals surface area contributed by atoms with Crippen molar-refractivity contribution in [2.45, 2.75) is 13.3 Å². The molecule has 0 bridgehead atoms. The van der Waals surface area contributed by atoms with Crippen molar-refractivity contribution in [2.75, 3.05) is 0 Å². The van der Waals surface area contributed by atoms with Crippen LogP contribution in [-0.4, -0.2) is 15.5 Å². The molecule has 0 atom stereocenters. The third kappa shape index (κ3) is 2.09. The summed E-state index contributed by atoms with van der Waals surface area (Å²) in [5.41, 5.74) is 10.2. The molecule has 1 aromatic carbocycles. The molecule has 2 heterocycles. The van der Waals surface area contributed by atoms with Crippen molar-refractivity contribution in [1.82, 2.24) is 9.55 Å². The van der Waals surface area contributed by atoms with E-state index >= 15 is 0 Å². The first-order valence-corrected chi connectivity index (χ1v) is 6.96. The molecule has 0 aliphatic rings. The molecule has 3 rings (SSSR count). The third-order valence-electron chi connectivity index (χ3n) is 3.85. The van der Waals surface area contributed by atoms with Crippen molar-refractivity contribution in [3.63, 3.8) is 0 Å². The van der Waals surface area contributed by atoms with Crippen LogP contribution in [0.25, 0.3) is 22.2 Å². The van der Waals surface area contributed by atoms with Gasteiger partial charge in [0.2, 0.25) is 0 Å². The van der Waals surface area contributed by atoms with Crippen molar-refractivity contribution in [1.29, 1.82) is 0 Å². The van der Waals surface area contributed by atoms with Crippen LogP contribution in [0.1, 0.15) is 23.0 Å². The highest BCUT2D eigenvalue weighted by Crippen LogP contribution is 2.32. The molecule has 21 heavy (non-hydrogen) atoms. The van der Waals surface area contributed by atoms with Gasteiger partial charge in [0, 0.05) is 29.7 Å². The molecule has 1 amide bonds. The number of fused-ring (bicyclic) bond motifs is 1. The molecule has 0 aliphatic heterocycles. The Balaban J connectivity index is 2.24. The normalized spacial score (nSPS) is 11.0. The maximum absolute atomic E-state index is 11.1. The summed E-state index contributed by atoms with van der Waals surface area (Å²) in [6.45, 7) is 2.15. The first-order chi connectivity index (χ1) is 10.1. The van der Waals surface area contributed by atoms with Gasteiger partial charge in [-0.1, -0.05) is 25.1 Å². The molecule has 4 heteroatoms. The number of rotatable bonds is 3. The molecule has 3 aromatic rings. The van der Waals surface area contributed by atoms with Gasteiger partial charge in [-0.3, -0.25) is 9.78 Å². The molecular formula is C17H17N3O.